The quantitative estimate of drug-likeness (QED) is 0.430. The van der Waals surface area contributed by atoms with Gasteiger partial charge in [0, 0.05) is 68.2 Å². The molecule has 0 saturated carbocycles. The first-order valence-corrected chi connectivity index (χ1v) is 13.8. The third-order valence-electron chi connectivity index (χ3n) is 8.14. The van der Waals surface area contributed by atoms with E-state index in [0.29, 0.717) is 5.56 Å². The summed E-state index contributed by atoms with van der Waals surface area (Å²) < 4.78 is 16.9. The van der Waals surface area contributed by atoms with Crippen LogP contribution in [-0.4, -0.2) is 65.5 Å². The Hall–Kier alpha value is -3.78. The van der Waals surface area contributed by atoms with Crippen LogP contribution in [0.4, 0.5) is 10.1 Å². The van der Waals surface area contributed by atoms with Gasteiger partial charge < -0.3 is 10.2 Å². The Labute approximate surface area is 236 Å². The highest BCUT2D eigenvalue weighted by Crippen LogP contribution is 2.34. The summed E-state index contributed by atoms with van der Waals surface area (Å²) in [5, 5.41) is 3.01. The van der Waals surface area contributed by atoms with Gasteiger partial charge in [0.05, 0.1) is 5.69 Å². The molecule has 3 heterocycles. The van der Waals surface area contributed by atoms with Crippen LogP contribution in [0.3, 0.4) is 0 Å². The lowest BCUT2D eigenvalue weighted by molar-refractivity contribution is 0.0827. The lowest BCUT2D eigenvalue weighted by Gasteiger charge is -2.37. The van der Waals surface area contributed by atoms with Gasteiger partial charge in [0.15, 0.2) is 0 Å². The first-order valence-electron chi connectivity index (χ1n) is 13.8. The van der Waals surface area contributed by atoms with E-state index in [4.69, 9.17) is 0 Å². The van der Waals surface area contributed by atoms with Crippen molar-refractivity contribution in [2.75, 3.05) is 39.5 Å². The summed E-state index contributed by atoms with van der Waals surface area (Å²) in [6, 6.07) is 8.70. The van der Waals surface area contributed by atoms with Gasteiger partial charge in [-0.2, -0.15) is 0 Å². The number of rotatable bonds is 7. The van der Waals surface area contributed by atoms with E-state index in [1.807, 2.05) is 32.0 Å². The normalized spacial score (nSPS) is 15.7. The minimum absolute atomic E-state index is 0.110. The first-order chi connectivity index (χ1) is 19.0. The van der Waals surface area contributed by atoms with Crippen molar-refractivity contribution in [3.8, 4) is 5.69 Å². The van der Waals surface area contributed by atoms with Crippen LogP contribution in [0.1, 0.15) is 65.3 Å². The number of anilines is 1. The number of aryl methyl sites for hydroxylation is 2. The van der Waals surface area contributed by atoms with Crippen LogP contribution < -0.4 is 10.9 Å². The maximum atomic E-state index is 15.2. The number of nitrogens with zero attached hydrogens (tertiary/aromatic N) is 4. The number of benzene rings is 1. The number of hydrogen-bond donors (Lipinski definition) is 1. The Bertz CT molecular complexity index is 1460. The van der Waals surface area contributed by atoms with Crippen molar-refractivity contribution >= 4 is 17.7 Å². The molecule has 1 fully saturated rings. The van der Waals surface area contributed by atoms with Crippen LogP contribution in [-0.2, 0) is 0 Å². The molecule has 0 radical (unpaired) electrons. The average Bonchev–Trinajstić information content (AvgIpc) is 2.93. The largest absolute Gasteiger partial charge is 0.388 e. The fourth-order valence-electron chi connectivity index (χ4n) is 5.65. The Morgan fingerprint density at radius 1 is 1.18 bits per heavy atom. The maximum Gasteiger partial charge on any atom is 0.257 e. The molecule has 1 aliphatic heterocycles. The van der Waals surface area contributed by atoms with Crippen molar-refractivity contribution in [3.05, 3.63) is 92.4 Å². The second-order valence-electron chi connectivity index (χ2n) is 11.0. The summed E-state index contributed by atoms with van der Waals surface area (Å²) >= 11 is 0. The molecule has 212 valence electrons. The highest BCUT2D eigenvalue weighted by molar-refractivity contribution is 5.94. The second-order valence-corrected chi connectivity index (χ2v) is 11.0. The lowest BCUT2D eigenvalue weighted by atomic mass is 9.85. The molecule has 1 aromatic carbocycles. The van der Waals surface area contributed by atoms with Gasteiger partial charge in [-0.05, 0) is 94.9 Å². The van der Waals surface area contributed by atoms with E-state index < -0.39 is 0 Å². The molecule has 7 nitrogen and oxygen atoms in total. The third-order valence-corrected chi connectivity index (χ3v) is 8.14. The third kappa shape index (κ3) is 6.02. The fourth-order valence-corrected chi connectivity index (χ4v) is 5.65. The maximum absolute atomic E-state index is 15.2. The molecule has 1 aliphatic rings. The Morgan fingerprint density at radius 3 is 2.48 bits per heavy atom. The molecule has 2 aromatic heterocycles. The number of piperidine rings is 1. The van der Waals surface area contributed by atoms with Crippen LogP contribution in [0.15, 0.2) is 53.1 Å². The molecule has 0 spiro atoms. The summed E-state index contributed by atoms with van der Waals surface area (Å²) in [6.07, 6.45) is 7.35. The standard InChI is InChI=1S/C32H40FN5O2/c1-20(17-27-22(3)35-12-8-29(27)38-15-11-26(34-5)19-30(38)39)23(4)37-13-9-24(10-14-37)31-21(2)16-25(18-28(31)33)32(40)36(6)7/h8,11-12,15-19,23-24,34H,9-10,13-14H2,1-7H3/b20-17+. The van der Waals surface area contributed by atoms with Gasteiger partial charge in [-0.1, -0.05) is 11.6 Å². The molecule has 1 atom stereocenters. The van der Waals surface area contributed by atoms with Gasteiger partial charge in [0.2, 0.25) is 0 Å². The topological polar surface area (TPSA) is 70.5 Å². The Balaban J connectivity index is 1.52. The summed E-state index contributed by atoms with van der Waals surface area (Å²) in [4.78, 5) is 33.6. The number of carbonyl (C=O) groups excluding carboxylic acids is 1. The molecule has 8 heteroatoms. The van der Waals surface area contributed by atoms with Gasteiger partial charge in [-0.15, -0.1) is 0 Å². The SMILES string of the molecule is CNc1ccn(-c2ccnc(C)c2/C=C(\C)C(C)N2CCC(c3c(C)cc(C(=O)N(C)C)cc3F)CC2)c(=O)c1. The molecule has 1 N–H and O–H groups in total. The van der Waals surface area contributed by atoms with Crippen molar-refractivity contribution < 1.29 is 9.18 Å². The number of nitrogens with one attached hydrogen (secondary N) is 1. The van der Waals surface area contributed by atoms with Crippen molar-refractivity contribution in [3.63, 3.8) is 0 Å². The number of aromatic nitrogens is 2. The predicted octanol–water partition coefficient (Wildman–Crippen LogP) is 5.40. The van der Waals surface area contributed by atoms with Gasteiger partial charge in [-0.25, -0.2) is 4.39 Å². The van der Waals surface area contributed by atoms with Crippen LogP contribution in [0.2, 0.25) is 0 Å². The molecule has 1 unspecified atom stereocenters. The minimum Gasteiger partial charge on any atom is -0.388 e. The molecule has 40 heavy (non-hydrogen) atoms. The molecular formula is C32H40FN5O2. The summed E-state index contributed by atoms with van der Waals surface area (Å²) in [6.45, 7) is 9.86. The van der Waals surface area contributed by atoms with E-state index >= 15 is 4.39 Å². The Morgan fingerprint density at radius 2 is 1.88 bits per heavy atom. The van der Waals surface area contributed by atoms with E-state index in [-0.39, 0.29) is 29.2 Å². The fraction of sp³-hybridized carbons (Fsp3) is 0.406. The second kappa shape index (κ2) is 12.2. The number of halogens is 1. The lowest BCUT2D eigenvalue weighted by Crippen LogP contribution is -2.40. The van der Waals surface area contributed by atoms with Gasteiger partial charge in [0.25, 0.3) is 11.5 Å². The van der Waals surface area contributed by atoms with E-state index in [1.54, 1.807) is 44.2 Å². The zero-order valence-electron chi connectivity index (χ0n) is 24.6. The van der Waals surface area contributed by atoms with Gasteiger partial charge in [-0.3, -0.25) is 24.0 Å². The van der Waals surface area contributed by atoms with Crippen LogP contribution >= 0.6 is 0 Å². The van der Waals surface area contributed by atoms with Crippen molar-refractivity contribution in [1.29, 1.82) is 0 Å². The smallest absolute Gasteiger partial charge is 0.257 e. The predicted molar refractivity (Wildman–Crippen MR) is 160 cm³/mol. The molecule has 0 bridgehead atoms. The average molecular weight is 546 g/mol. The number of carbonyl (C=O) groups is 1. The van der Waals surface area contributed by atoms with Gasteiger partial charge in [0.1, 0.15) is 5.82 Å². The first kappa shape index (κ1) is 29.2. The molecular weight excluding hydrogens is 505 g/mol. The molecule has 1 amide bonds. The van der Waals surface area contributed by atoms with Crippen LogP contribution in [0.5, 0.6) is 0 Å². The Kier molecular flexibility index (Phi) is 8.88. The summed E-state index contributed by atoms with van der Waals surface area (Å²) in [7, 11) is 5.14. The van der Waals surface area contributed by atoms with Gasteiger partial charge >= 0.3 is 0 Å². The zero-order valence-corrected chi connectivity index (χ0v) is 24.6. The van der Waals surface area contributed by atoms with E-state index in [2.05, 4.69) is 35.1 Å². The molecule has 4 rings (SSSR count). The van der Waals surface area contributed by atoms with Crippen molar-refractivity contribution in [2.45, 2.75) is 52.5 Å². The van der Waals surface area contributed by atoms with E-state index in [9.17, 15) is 9.59 Å². The summed E-state index contributed by atoms with van der Waals surface area (Å²) in [5.41, 5.74) is 6.37. The highest BCUT2D eigenvalue weighted by atomic mass is 19.1. The minimum atomic E-state index is -0.287. The monoisotopic (exact) mass is 545 g/mol. The number of pyridine rings is 2. The molecule has 3 aromatic rings. The summed E-state index contributed by atoms with van der Waals surface area (Å²) in [5.74, 6) is -0.354. The number of hydrogen-bond acceptors (Lipinski definition) is 5. The van der Waals surface area contributed by atoms with E-state index in [0.717, 1.165) is 59.7 Å². The molecule has 0 aliphatic carbocycles. The van der Waals surface area contributed by atoms with Crippen LogP contribution in [0.25, 0.3) is 11.8 Å². The number of likely N-dealkylation sites (tertiary alicyclic amines) is 1. The van der Waals surface area contributed by atoms with Crippen molar-refractivity contribution in [1.82, 2.24) is 19.4 Å². The molecule has 1 saturated heterocycles. The zero-order chi connectivity index (χ0) is 29.1. The highest BCUT2D eigenvalue weighted by Gasteiger charge is 2.28. The van der Waals surface area contributed by atoms with Crippen LogP contribution in [0, 0.1) is 19.7 Å². The van der Waals surface area contributed by atoms with Crippen molar-refractivity contribution in [2.24, 2.45) is 0 Å². The number of amides is 1. The van der Waals surface area contributed by atoms with E-state index in [1.165, 1.54) is 16.5 Å².